The molecular formula is C19H17BrN2OS2. The van der Waals surface area contributed by atoms with E-state index in [-0.39, 0.29) is 5.91 Å². The third kappa shape index (κ3) is 4.71. The maximum absolute atomic E-state index is 12.3. The molecule has 0 radical (unpaired) electrons. The van der Waals surface area contributed by atoms with Crippen LogP contribution in [0.25, 0.3) is 10.2 Å². The Hall–Kier alpha value is -1.63. The fourth-order valence-corrected chi connectivity index (χ4v) is 4.84. The Balaban J connectivity index is 1.78. The summed E-state index contributed by atoms with van der Waals surface area (Å²) in [6, 6.07) is 16.2. The average Bonchev–Trinajstić information content (AvgIpc) is 2.92. The Bertz CT molecular complexity index is 960. The zero-order valence-electron chi connectivity index (χ0n) is 13.5. The van der Waals surface area contributed by atoms with E-state index in [1.165, 1.54) is 16.2 Å². The molecule has 2 aromatic carbocycles. The molecule has 0 aliphatic heterocycles. The van der Waals surface area contributed by atoms with Crippen LogP contribution < -0.4 is 4.80 Å². The SMILES string of the molecule is C=CCn1c(=NC(=O)CCSc2ccccc2)sc2cc(Br)ccc21. The molecule has 1 amide bonds. The zero-order chi connectivity index (χ0) is 17.6. The van der Waals surface area contributed by atoms with Gasteiger partial charge in [-0.2, -0.15) is 4.99 Å². The largest absolute Gasteiger partial charge is 0.313 e. The number of hydrogen-bond donors (Lipinski definition) is 0. The lowest BCUT2D eigenvalue weighted by molar-refractivity contribution is -0.117. The van der Waals surface area contributed by atoms with Crippen LogP contribution >= 0.6 is 39.0 Å². The van der Waals surface area contributed by atoms with E-state index >= 15 is 0 Å². The van der Waals surface area contributed by atoms with E-state index in [2.05, 4.69) is 27.5 Å². The predicted molar refractivity (Wildman–Crippen MR) is 110 cm³/mol. The second kappa shape index (κ2) is 8.65. The van der Waals surface area contributed by atoms with Crippen LogP contribution in [0.3, 0.4) is 0 Å². The Labute approximate surface area is 163 Å². The summed E-state index contributed by atoms with van der Waals surface area (Å²) in [5, 5.41) is 0. The number of allylic oxidation sites excluding steroid dienone is 1. The van der Waals surface area contributed by atoms with E-state index in [0.717, 1.165) is 25.2 Å². The highest BCUT2D eigenvalue weighted by Gasteiger charge is 2.08. The van der Waals surface area contributed by atoms with Crippen LogP contribution in [0.5, 0.6) is 0 Å². The topological polar surface area (TPSA) is 34.4 Å². The molecule has 25 heavy (non-hydrogen) atoms. The van der Waals surface area contributed by atoms with E-state index in [9.17, 15) is 4.79 Å². The smallest absolute Gasteiger partial charge is 0.249 e. The lowest BCUT2D eigenvalue weighted by atomic mass is 10.3. The lowest BCUT2D eigenvalue weighted by Crippen LogP contribution is -2.16. The van der Waals surface area contributed by atoms with E-state index in [1.807, 2.05) is 59.2 Å². The quantitative estimate of drug-likeness (QED) is 0.393. The molecule has 0 unspecified atom stereocenters. The van der Waals surface area contributed by atoms with Crippen molar-refractivity contribution in [2.75, 3.05) is 5.75 Å². The van der Waals surface area contributed by atoms with Gasteiger partial charge in [-0.3, -0.25) is 4.79 Å². The molecule has 3 aromatic rings. The van der Waals surface area contributed by atoms with Crippen molar-refractivity contribution in [1.82, 2.24) is 4.57 Å². The van der Waals surface area contributed by atoms with Gasteiger partial charge in [0.1, 0.15) is 0 Å². The molecule has 0 saturated heterocycles. The van der Waals surface area contributed by atoms with E-state index in [4.69, 9.17) is 0 Å². The Morgan fingerprint density at radius 2 is 2.08 bits per heavy atom. The number of thiazole rings is 1. The van der Waals surface area contributed by atoms with Crippen LogP contribution in [-0.2, 0) is 11.3 Å². The normalized spacial score (nSPS) is 11.8. The summed E-state index contributed by atoms with van der Waals surface area (Å²) in [7, 11) is 0. The first-order chi connectivity index (χ1) is 12.2. The molecule has 0 spiro atoms. The van der Waals surface area contributed by atoms with Gasteiger partial charge in [0, 0.05) is 28.1 Å². The third-order valence-electron chi connectivity index (χ3n) is 3.50. The van der Waals surface area contributed by atoms with Gasteiger partial charge in [0.05, 0.1) is 10.2 Å². The second-order valence-corrected chi connectivity index (χ2v) is 8.41. The molecule has 0 N–H and O–H groups in total. The summed E-state index contributed by atoms with van der Waals surface area (Å²) >= 11 is 6.69. The number of benzene rings is 2. The predicted octanol–water partition coefficient (Wildman–Crippen LogP) is 5.26. The number of thioether (sulfide) groups is 1. The highest BCUT2D eigenvalue weighted by Crippen LogP contribution is 2.22. The van der Waals surface area contributed by atoms with Crippen molar-refractivity contribution >= 4 is 55.2 Å². The van der Waals surface area contributed by atoms with Gasteiger partial charge in [-0.15, -0.1) is 18.3 Å². The van der Waals surface area contributed by atoms with Crippen LogP contribution in [0.1, 0.15) is 6.42 Å². The van der Waals surface area contributed by atoms with Gasteiger partial charge in [0.25, 0.3) is 0 Å². The molecular weight excluding hydrogens is 416 g/mol. The number of carbonyl (C=O) groups excluding carboxylic acids is 1. The minimum atomic E-state index is -0.0909. The summed E-state index contributed by atoms with van der Waals surface area (Å²) < 4.78 is 4.15. The number of rotatable bonds is 6. The molecule has 1 aromatic heterocycles. The Morgan fingerprint density at radius 3 is 2.84 bits per heavy atom. The number of amides is 1. The highest BCUT2D eigenvalue weighted by atomic mass is 79.9. The summed E-state index contributed by atoms with van der Waals surface area (Å²) in [5.74, 6) is 0.636. The monoisotopic (exact) mass is 432 g/mol. The fraction of sp³-hybridized carbons (Fsp3) is 0.158. The van der Waals surface area contributed by atoms with Crippen molar-refractivity contribution in [1.29, 1.82) is 0 Å². The van der Waals surface area contributed by atoms with Crippen LogP contribution in [0, 0.1) is 0 Å². The molecule has 3 nitrogen and oxygen atoms in total. The first-order valence-corrected chi connectivity index (χ1v) is 10.4. The number of hydrogen-bond acceptors (Lipinski definition) is 3. The van der Waals surface area contributed by atoms with Crippen molar-refractivity contribution in [2.45, 2.75) is 17.9 Å². The molecule has 3 rings (SSSR count). The highest BCUT2D eigenvalue weighted by molar-refractivity contribution is 9.10. The van der Waals surface area contributed by atoms with Crippen molar-refractivity contribution < 1.29 is 4.79 Å². The van der Waals surface area contributed by atoms with Gasteiger partial charge in [-0.05, 0) is 30.3 Å². The number of nitrogens with zero attached hydrogens (tertiary/aromatic N) is 2. The number of fused-ring (bicyclic) bond motifs is 1. The lowest BCUT2D eigenvalue weighted by Gasteiger charge is -2.01. The van der Waals surface area contributed by atoms with Crippen molar-refractivity contribution in [2.24, 2.45) is 4.99 Å². The van der Waals surface area contributed by atoms with Crippen LogP contribution in [0.15, 0.2) is 75.5 Å². The van der Waals surface area contributed by atoms with E-state index < -0.39 is 0 Å². The van der Waals surface area contributed by atoms with Gasteiger partial charge < -0.3 is 4.57 Å². The molecule has 0 aliphatic rings. The van der Waals surface area contributed by atoms with E-state index in [1.54, 1.807) is 11.8 Å². The third-order valence-corrected chi connectivity index (χ3v) is 6.05. The number of aromatic nitrogens is 1. The minimum absolute atomic E-state index is 0.0909. The van der Waals surface area contributed by atoms with Crippen LogP contribution in [0.4, 0.5) is 0 Å². The molecule has 0 saturated carbocycles. The molecule has 0 atom stereocenters. The molecule has 128 valence electrons. The maximum Gasteiger partial charge on any atom is 0.249 e. The maximum atomic E-state index is 12.3. The molecule has 0 bridgehead atoms. The summed E-state index contributed by atoms with van der Waals surface area (Å²) in [6.45, 7) is 4.44. The van der Waals surface area contributed by atoms with Crippen LogP contribution in [0.2, 0.25) is 0 Å². The zero-order valence-corrected chi connectivity index (χ0v) is 16.7. The second-order valence-electron chi connectivity index (χ2n) is 5.31. The molecule has 1 heterocycles. The van der Waals surface area contributed by atoms with Crippen LogP contribution in [-0.4, -0.2) is 16.2 Å². The van der Waals surface area contributed by atoms with Crippen molar-refractivity contribution in [3.05, 3.63) is 70.5 Å². The van der Waals surface area contributed by atoms with Crippen molar-refractivity contribution in [3.63, 3.8) is 0 Å². The van der Waals surface area contributed by atoms with Gasteiger partial charge >= 0.3 is 0 Å². The molecule has 6 heteroatoms. The first kappa shape index (κ1) is 18.2. The molecule has 0 aliphatic carbocycles. The minimum Gasteiger partial charge on any atom is -0.313 e. The average molecular weight is 433 g/mol. The molecule has 0 fully saturated rings. The fourth-order valence-electron chi connectivity index (χ4n) is 2.37. The van der Waals surface area contributed by atoms with Gasteiger partial charge in [-0.1, -0.05) is 51.5 Å². The Kier molecular flexibility index (Phi) is 6.29. The summed E-state index contributed by atoms with van der Waals surface area (Å²) in [6.07, 6.45) is 2.24. The standard InChI is InChI=1S/C19H17BrN2OS2/c1-2-11-22-16-9-8-14(20)13-17(16)25-19(22)21-18(23)10-12-24-15-6-4-3-5-7-15/h2-9,13H,1,10-12H2. The summed E-state index contributed by atoms with van der Waals surface area (Å²) in [4.78, 5) is 18.5. The number of halogens is 1. The van der Waals surface area contributed by atoms with Gasteiger partial charge in [0.15, 0.2) is 4.80 Å². The Morgan fingerprint density at radius 1 is 1.28 bits per heavy atom. The van der Waals surface area contributed by atoms with Gasteiger partial charge in [-0.25, -0.2) is 0 Å². The van der Waals surface area contributed by atoms with Gasteiger partial charge in [0.2, 0.25) is 5.91 Å². The summed E-state index contributed by atoms with van der Waals surface area (Å²) in [5.41, 5.74) is 1.07. The number of carbonyl (C=O) groups is 1. The first-order valence-electron chi connectivity index (χ1n) is 7.82. The van der Waals surface area contributed by atoms with Crippen molar-refractivity contribution in [3.8, 4) is 0 Å². The van der Waals surface area contributed by atoms with E-state index in [0.29, 0.717) is 13.0 Å².